The number of likely N-dealkylation sites (tertiary alicyclic amines) is 1. The van der Waals surface area contributed by atoms with Crippen molar-refractivity contribution >= 4 is 5.96 Å². The van der Waals surface area contributed by atoms with Gasteiger partial charge in [-0.3, -0.25) is 4.99 Å². The Kier molecular flexibility index (Phi) is 7.33. The first-order chi connectivity index (χ1) is 11.2. The van der Waals surface area contributed by atoms with E-state index in [1.807, 2.05) is 6.07 Å². The fourth-order valence-corrected chi connectivity index (χ4v) is 2.85. The Bertz CT molecular complexity index is 496. The average molecular weight is 320 g/mol. The van der Waals surface area contributed by atoms with Gasteiger partial charge in [-0.1, -0.05) is 19.1 Å². The zero-order valence-electron chi connectivity index (χ0n) is 14.3. The van der Waals surface area contributed by atoms with Gasteiger partial charge in [0.1, 0.15) is 5.82 Å². The zero-order valence-corrected chi connectivity index (χ0v) is 14.3. The van der Waals surface area contributed by atoms with E-state index in [2.05, 4.69) is 27.4 Å². The van der Waals surface area contributed by atoms with Gasteiger partial charge >= 0.3 is 0 Å². The Morgan fingerprint density at radius 1 is 1.30 bits per heavy atom. The van der Waals surface area contributed by atoms with Crippen molar-refractivity contribution < 1.29 is 4.39 Å². The molecule has 0 unspecified atom stereocenters. The Hall–Kier alpha value is -1.62. The van der Waals surface area contributed by atoms with Crippen molar-refractivity contribution in [1.82, 2.24) is 15.5 Å². The van der Waals surface area contributed by atoms with Gasteiger partial charge < -0.3 is 15.5 Å². The number of halogens is 1. The third kappa shape index (κ3) is 6.57. The van der Waals surface area contributed by atoms with Crippen molar-refractivity contribution in [3.05, 3.63) is 35.6 Å². The first-order valence-corrected chi connectivity index (χ1v) is 8.58. The molecule has 0 saturated carbocycles. The molecule has 1 fully saturated rings. The van der Waals surface area contributed by atoms with Gasteiger partial charge in [-0.2, -0.15) is 0 Å². The number of piperidine rings is 1. The van der Waals surface area contributed by atoms with Gasteiger partial charge in [0, 0.05) is 20.1 Å². The number of aliphatic imine (C=N–C) groups is 1. The molecule has 5 heteroatoms. The second-order valence-corrected chi connectivity index (χ2v) is 6.36. The Labute approximate surface area is 139 Å². The standard InChI is InChI=1S/C18H29FN4/c1-15-7-11-23(12-8-15)10-4-9-21-18(20-2)22-14-16-5-3-6-17(19)13-16/h3,5-6,13,15H,4,7-12,14H2,1-2H3,(H2,20,21,22). The van der Waals surface area contributed by atoms with Crippen LogP contribution in [-0.4, -0.2) is 44.1 Å². The minimum atomic E-state index is -0.205. The van der Waals surface area contributed by atoms with Crippen LogP contribution in [0.1, 0.15) is 31.7 Å². The van der Waals surface area contributed by atoms with E-state index in [1.165, 1.54) is 38.1 Å². The first-order valence-electron chi connectivity index (χ1n) is 8.58. The third-order valence-electron chi connectivity index (χ3n) is 4.39. The fourth-order valence-electron chi connectivity index (χ4n) is 2.85. The molecule has 4 nitrogen and oxygen atoms in total. The van der Waals surface area contributed by atoms with E-state index in [-0.39, 0.29) is 5.82 Å². The van der Waals surface area contributed by atoms with Crippen LogP contribution >= 0.6 is 0 Å². The molecule has 23 heavy (non-hydrogen) atoms. The molecule has 0 aliphatic carbocycles. The number of hydrogen-bond donors (Lipinski definition) is 2. The van der Waals surface area contributed by atoms with Gasteiger partial charge in [-0.15, -0.1) is 0 Å². The molecule has 2 N–H and O–H groups in total. The van der Waals surface area contributed by atoms with Crippen molar-refractivity contribution in [2.45, 2.75) is 32.7 Å². The van der Waals surface area contributed by atoms with Crippen molar-refractivity contribution in [2.75, 3.05) is 33.2 Å². The molecule has 0 atom stereocenters. The van der Waals surface area contributed by atoms with Gasteiger partial charge in [0.2, 0.25) is 0 Å². The van der Waals surface area contributed by atoms with E-state index < -0.39 is 0 Å². The summed E-state index contributed by atoms with van der Waals surface area (Å²) in [6.07, 6.45) is 3.75. The van der Waals surface area contributed by atoms with Crippen LogP contribution in [0.2, 0.25) is 0 Å². The minimum Gasteiger partial charge on any atom is -0.356 e. The molecule has 1 aliphatic rings. The van der Waals surface area contributed by atoms with Gasteiger partial charge in [0.25, 0.3) is 0 Å². The zero-order chi connectivity index (χ0) is 16.5. The molecule has 0 aromatic heterocycles. The summed E-state index contributed by atoms with van der Waals surface area (Å²) in [7, 11) is 1.76. The summed E-state index contributed by atoms with van der Waals surface area (Å²) in [6.45, 7) is 7.41. The quantitative estimate of drug-likeness (QED) is 0.481. The summed E-state index contributed by atoms with van der Waals surface area (Å²) in [6, 6.07) is 6.62. The number of hydrogen-bond acceptors (Lipinski definition) is 2. The molecule has 0 radical (unpaired) electrons. The topological polar surface area (TPSA) is 39.7 Å². The highest BCUT2D eigenvalue weighted by molar-refractivity contribution is 5.79. The molecule has 0 amide bonds. The molecular formula is C18H29FN4. The summed E-state index contributed by atoms with van der Waals surface area (Å²) >= 11 is 0. The summed E-state index contributed by atoms with van der Waals surface area (Å²) in [4.78, 5) is 6.75. The summed E-state index contributed by atoms with van der Waals surface area (Å²) < 4.78 is 13.1. The molecule has 128 valence electrons. The summed E-state index contributed by atoms with van der Waals surface area (Å²) in [5.74, 6) is 1.44. The molecule has 1 aromatic carbocycles. The minimum absolute atomic E-state index is 0.205. The maximum absolute atomic E-state index is 13.1. The lowest BCUT2D eigenvalue weighted by Crippen LogP contribution is -2.39. The van der Waals surface area contributed by atoms with Crippen LogP contribution in [0.25, 0.3) is 0 Å². The van der Waals surface area contributed by atoms with Crippen LogP contribution in [0.3, 0.4) is 0 Å². The van der Waals surface area contributed by atoms with Crippen LogP contribution < -0.4 is 10.6 Å². The van der Waals surface area contributed by atoms with E-state index in [0.717, 1.165) is 37.0 Å². The van der Waals surface area contributed by atoms with Crippen molar-refractivity contribution in [3.8, 4) is 0 Å². The molecule has 1 aromatic rings. The summed E-state index contributed by atoms with van der Waals surface area (Å²) in [5.41, 5.74) is 0.912. The Morgan fingerprint density at radius 3 is 2.78 bits per heavy atom. The molecule has 0 bridgehead atoms. The SMILES string of the molecule is CN=C(NCCCN1CCC(C)CC1)NCc1cccc(F)c1. The molecule has 0 spiro atoms. The lowest BCUT2D eigenvalue weighted by Gasteiger charge is -2.30. The molecule has 1 aliphatic heterocycles. The molecule has 1 heterocycles. The van der Waals surface area contributed by atoms with Crippen LogP contribution in [0.5, 0.6) is 0 Å². The largest absolute Gasteiger partial charge is 0.356 e. The number of rotatable bonds is 6. The van der Waals surface area contributed by atoms with Gasteiger partial charge in [-0.25, -0.2) is 4.39 Å². The maximum atomic E-state index is 13.1. The molecule has 1 saturated heterocycles. The molecular weight excluding hydrogens is 291 g/mol. The number of nitrogens with zero attached hydrogens (tertiary/aromatic N) is 2. The van der Waals surface area contributed by atoms with Crippen LogP contribution in [0.4, 0.5) is 4.39 Å². The van der Waals surface area contributed by atoms with Crippen LogP contribution in [0, 0.1) is 11.7 Å². The van der Waals surface area contributed by atoms with E-state index in [9.17, 15) is 4.39 Å². The second kappa shape index (κ2) is 9.50. The van der Waals surface area contributed by atoms with E-state index >= 15 is 0 Å². The van der Waals surface area contributed by atoms with Crippen molar-refractivity contribution in [3.63, 3.8) is 0 Å². The lowest BCUT2D eigenvalue weighted by atomic mass is 9.99. The van der Waals surface area contributed by atoms with E-state index in [1.54, 1.807) is 13.1 Å². The maximum Gasteiger partial charge on any atom is 0.191 e. The highest BCUT2D eigenvalue weighted by Gasteiger charge is 2.14. The van der Waals surface area contributed by atoms with Crippen LogP contribution in [-0.2, 0) is 6.54 Å². The predicted molar refractivity (Wildman–Crippen MR) is 94.1 cm³/mol. The van der Waals surface area contributed by atoms with E-state index in [0.29, 0.717) is 6.54 Å². The molecule has 2 rings (SSSR count). The monoisotopic (exact) mass is 320 g/mol. The van der Waals surface area contributed by atoms with Crippen molar-refractivity contribution in [1.29, 1.82) is 0 Å². The third-order valence-corrected chi connectivity index (χ3v) is 4.39. The Balaban J connectivity index is 1.61. The van der Waals surface area contributed by atoms with Gasteiger partial charge in [0.05, 0.1) is 0 Å². The average Bonchev–Trinajstić information content (AvgIpc) is 2.56. The van der Waals surface area contributed by atoms with Gasteiger partial charge in [-0.05, 0) is 62.5 Å². The number of benzene rings is 1. The predicted octanol–water partition coefficient (Wildman–Crippen LogP) is 2.61. The first kappa shape index (κ1) is 17.7. The highest BCUT2D eigenvalue weighted by Crippen LogP contribution is 2.15. The van der Waals surface area contributed by atoms with E-state index in [4.69, 9.17) is 0 Å². The number of nitrogens with one attached hydrogen (secondary N) is 2. The second-order valence-electron chi connectivity index (χ2n) is 6.36. The summed E-state index contributed by atoms with van der Waals surface area (Å²) in [5, 5.41) is 6.54. The fraction of sp³-hybridized carbons (Fsp3) is 0.611. The lowest BCUT2D eigenvalue weighted by molar-refractivity contribution is 0.191. The van der Waals surface area contributed by atoms with Crippen molar-refractivity contribution in [2.24, 2.45) is 10.9 Å². The van der Waals surface area contributed by atoms with Crippen LogP contribution in [0.15, 0.2) is 29.3 Å². The normalized spacial score (nSPS) is 17.3. The Morgan fingerprint density at radius 2 is 2.09 bits per heavy atom. The number of guanidine groups is 1. The smallest absolute Gasteiger partial charge is 0.191 e. The van der Waals surface area contributed by atoms with Gasteiger partial charge in [0.15, 0.2) is 5.96 Å². The highest BCUT2D eigenvalue weighted by atomic mass is 19.1.